The summed E-state index contributed by atoms with van der Waals surface area (Å²) in [5.41, 5.74) is 8.49. The number of rotatable bonds is 2. The van der Waals surface area contributed by atoms with Gasteiger partial charge < -0.3 is 5.73 Å². The van der Waals surface area contributed by atoms with Gasteiger partial charge in [0.05, 0.1) is 0 Å². The summed E-state index contributed by atoms with van der Waals surface area (Å²) in [5, 5.41) is 3.62. The number of hydrogen-bond donors (Lipinski definition) is 4. The Morgan fingerprint density at radius 2 is 2.45 bits per heavy atom. The molecule has 0 bridgehead atoms. The molecule has 6 N–H and O–H groups in total. The van der Waals surface area contributed by atoms with Gasteiger partial charge in [0.2, 0.25) is 5.66 Å². The summed E-state index contributed by atoms with van der Waals surface area (Å²) in [6.07, 6.45) is 4.54. The number of carbonyl (C=O) groups excluding carboxylic acids is 1. The largest absolute Gasteiger partial charge is 0.366 e. The van der Waals surface area contributed by atoms with E-state index in [0.717, 1.165) is 0 Å². The standard InChI is InChI=1S/C5H9N5O/c6-4(11)5(9-7)2-1-3-8-10-5/h1-3,9-10H,7H2,(H2,6,11). The van der Waals surface area contributed by atoms with Crippen LogP contribution in [-0.4, -0.2) is 17.8 Å². The predicted molar refractivity (Wildman–Crippen MR) is 40.0 cm³/mol. The Bertz CT molecular complexity index is 223. The molecule has 0 spiro atoms. The first-order valence-corrected chi connectivity index (χ1v) is 2.97. The van der Waals surface area contributed by atoms with Gasteiger partial charge in [-0.3, -0.25) is 16.1 Å². The number of primary amides is 1. The van der Waals surface area contributed by atoms with Crippen molar-refractivity contribution >= 4 is 12.1 Å². The lowest BCUT2D eigenvalue weighted by Gasteiger charge is -2.26. The molecule has 1 atom stereocenters. The molecule has 0 aromatic rings. The lowest BCUT2D eigenvalue weighted by molar-refractivity contribution is -0.123. The molecule has 6 heteroatoms. The zero-order valence-corrected chi connectivity index (χ0v) is 5.74. The molecule has 0 radical (unpaired) electrons. The van der Waals surface area contributed by atoms with Crippen molar-refractivity contribution in [3.8, 4) is 0 Å². The van der Waals surface area contributed by atoms with E-state index in [1.165, 1.54) is 12.3 Å². The minimum Gasteiger partial charge on any atom is -0.366 e. The zero-order valence-electron chi connectivity index (χ0n) is 5.74. The van der Waals surface area contributed by atoms with E-state index in [-0.39, 0.29) is 0 Å². The molecule has 6 nitrogen and oxygen atoms in total. The average Bonchev–Trinajstić information content (AvgIpc) is 2.05. The molecule has 60 valence electrons. The van der Waals surface area contributed by atoms with Gasteiger partial charge >= 0.3 is 0 Å². The highest BCUT2D eigenvalue weighted by Gasteiger charge is 2.32. The van der Waals surface area contributed by atoms with E-state index in [4.69, 9.17) is 11.6 Å². The summed E-state index contributed by atoms with van der Waals surface area (Å²) < 4.78 is 0. The Morgan fingerprint density at radius 1 is 1.73 bits per heavy atom. The van der Waals surface area contributed by atoms with Crippen LogP contribution in [-0.2, 0) is 4.79 Å². The quantitative estimate of drug-likeness (QED) is 0.267. The van der Waals surface area contributed by atoms with E-state index < -0.39 is 11.6 Å². The molecule has 0 saturated carbocycles. The van der Waals surface area contributed by atoms with Gasteiger partial charge in [-0.25, -0.2) is 5.43 Å². The number of nitrogens with one attached hydrogen (secondary N) is 2. The van der Waals surface area contributed by atoms with Gasteiger partial charge in [-0.1, -0.05) is 0 Å². The molecule has 1 amide bonds. The van der Waals surface area contributed by atoms with Crippen LogP contribution in [0.15, 0.2) is 17.3 Å². The number of carbonyl (C=O) groups is 1. The normalized spacial score (nSPS) is 28.1. The highest BCUT2D eigenvalue weighted by atomic mass is 16.2. The molecule has 1 aliphatic rings. The number of nitrogens with zero attached hydrogens (tertiary/aromatic N) is 1. The number of hydrogen-bond acceptors (Lipinski definition) is 5. The molecular weight excluding hydrogens is 146 g/mol. The van der Waals surface area contributed by atoms with Crippen LogP contribution in [0.25, 0.3) is 0 Å². The highest BCUT2D eigenvalue weighted by Crippen LogP contribution is 2.02. The van der Waals surface area contributed by atoms with Crippen molar-refractivity contribution in [2.24, 2.45) is 16.7 Å². The maximum Gasteiger partial charge on any atom is 0.265 e. The van der Waals surface area contributed by atoms with E-state index in [1.807, 2.05) is 0 Å². The van der Waals surface area contributed by atoms with Crippen LogP contribution in [0, 0.1) is 0 Å². The van der Waals surface area contributed by atoms with Crippen molar-refractivity contribution in [3.05, 3.63) is 12.2 Å². The number of hydrazone groups is 1. The summed E-state index contributed by atoms with van der Waals surface area (Å²) in [4.78, 5) is 10.8. The van der Waals surface area contributed by atoms with Gasteiger partial charge in [-0.05, 0) is 12.2 Å². The number of nitrogens with two attached hydrogens (primary N) is 2. The summed E-state index contributed by atoms with van der Waals surface area (Å²) in [6.45, 7) is 0. The lowest BCUT2D eigenvalue weighted by atomic mass is 10.1. The van der Waals surface area contributed by atoms with E-state index in [0.29, 0.717) is 0 Å². The van der Waals surface area contributed by atoms with Crippen molar-refractivity contribution in [1.82, 2.24) is 10.9 Å². The van der Waals surface area contributed by atoms with Crippen LogP contribution in [0.1, 0.15) is 0 Å². The fourth-order valence-electron chi connectivity index (χ4n) is 0.696. The third-order valence-corrected chi connectivity index (χ3v) is 1.36. The zero-order chi connectivity index (χ0) is 8.32. The Kier molecular flexibility index (Phi) is 1.88. The molecule has 11 heavy (non-hydrogen) atoms. The SMILES string of the molecule is NNC1(C(N)=O)C=CC=NN1. The van der Waals surface area contributed by atoms with Crippen LogP contribution < -0.4 is 22.4 Å². The minimum atomic E-state index is -1.24. The Hall–Kier alpha value is -1.40. The van der Waals surface area contributed by atoms with E-state index in [1.54, 1.807) is 6.08 Å². The molecule has 0 saturated heterocycles. The van der Waals surface area contributed by atoms with Crippen LogP contribution in [0.4, 0.5) is 0 Å². The molecule has 1 heterocycles. The van der Waals surface area contributed by atoms with Gasteiger partial charge in [0.15, 0.2) is 0 Å². The van der Waals surface area contributed by atoms with Crippen molar-refractivity contribution in [2.45, 2.75) is 5.66 Å². The van der Waals surface area contributed by atoms with E-state index in [2.05, 4.69) is 16.0 Å². The third kappa shape index (κ3) is 1.21. The molecule has 1 aliphatic heterocycles. The maximum atomic E-state index is 10.8. The monoisotopic (exact) mass is 155 g/mol. The Labute approximate surface area is 63.3 Å². The topological polar surface area (TPSA) is 106 Å². The fourth-order valence-corrected chi connectivity index (χ4v) is 0.696. The number of amides is 1. The minimum absolute atomic E-state index is 0.631. The first kappa shape index (κ1) is 7.70. The highest BCUT2D eigenvalue weighted by molar-refractivity contribution is 5.89. The van der Waals surface area contributed by atoms with Gasteiger partial charge in [0.1, 0.15) is 0 Å². The van der Waals surface area contributed by atoms with Crippen LogP contribution in [0.5, 0.6) is 0 Å². The molecule has 0 fully saturated rings. The van der Waals surface area contributed by atoms with Crippen molar-refractivity contribution in [2.75, 3.05) is 0 Å². The molecule has 1 unspecified atom stereocenters. The van der Waals surface area contributed by atoms with Gasteiger partial charge in [0, 0.05) is 6.21 Å². The number of allylic oxidation sites excluding steroid dienone is 1. The second-order valence-corrected chi connectivity index (χ2v) is 2.07. The van der Waals surface area contributed by atoms with E-state index in [9.17, 15) is 4.79 Å². The fraction of sp³-hybridized carbons (Fsp3) is 0.200. The second kappa shape index (κ2) is 2.69. The summed E-state index contributed by atoms with van der Waals surface area (Å²) in [6, 6.07) is 0. The predicted octanol–water partition coefficient (Wildman–Crippen LogP) is -2.22. The lowest BCUT2D eigenvalue weighted by Crippen LogP contribution is -2.65. The van der Waals surface area contributed by atoms with Gasteiger partial charge in [-0.2, -0.15) is 5.10 Å². The Balaban J connectivity index is 2.85. The smallest absolute Gasteiger partial charge is 0.265 e. The van der Waals surface area contributed by atoms with Crippen LogP contribution >= 0.6 is 0 Å². The summed E-state index contributed by atoms with van der Waals surface area (Å²) >= 11 is 0. The van der Waals surface area contributed by atoms with Crippen LogP contribution in [0.2, 0.25) is 0 Å². The third-order valence-electron chi connectivity index (χ3n) is 1.36. The molecule has 1 rings (SSSR count). The first-order chi connectivity index (χ1) is 5.21. The first-order valence-electron chi connectivity index (χ1n) is 2.97. The molecular formula is C5H9N5O. The second-order valence-electron chi connectivity index (χ2n) is 2.07. The number of hydrazine groups is 1. The van der Waals surface area contributed by atoms with Gasteiger partial charge in [-0.15, -0.1) is 0 Å². The van der Waals surface area contributed by atoms with Gasteiger partial charge in [0.25, 0.3) is 5.91 Å². The summed E-state index contributed by atoms with van der Waals surface area (Å²) in [7, 11) is 0. The average molecular weight is 155 g/mol. The van der Waals surface area contributed by atoms with Crippen molar-refractivity contribution < 1.29 is 4.79 Å². The molecule has 0 aliphatic carbocycles. The molecule has 0 aromatic carbocycles. The Morgan fingerprint density at radius 3 is 2.73 bits per heavy atom. The van der Waals surface area contributed by atoms with Crippen molar-refractivity contribution in [1.29, 1.82) is 0 Å². The van der Waals surface area contributed by atoms with E-state index >= 15 is 0 Å². The molecule has 0 aromatic heterocycles. The van der Waals surface area contributed by atoms with Crippen molar-refractivity contribution in [3.63, 3.8) is 0 Å². The summed E-state index contributed by atoms with van der Waals surface area (Å²) in [5.74, 6) is 4.47. The maximum absolute atomic E-state index is 10.8. The van der Waals surface area contributed by atoms with Crippen LogP contribution in [0.3, 0.4) is 0 Å².